The molecule has 0 aliphatic heterocycles. The second-order valence-corrected chi connectivity index (χ2v) is 4.29. The molecule has 1 heteroatoms. The molecule has 0 atom stereocenters. The standard InChI is InChI=1S/C14H16S/c1-3-4-7-10-13(2)15-14-11-8-5-6-9-12-14/h3-5,7-12H,2,6H2,1H3. The maximum atomic E-state index is 3.99. The van der Waals surface area contributed by atoms with Crippen LogP contribution >= 0.6 is 11.8 Å². The number of thioether (sulfide) groups is 1. The average Bonchev–Trinajstić information content (AvgIpc) is 2.47. The van der Waals surface area contributed by atoms with Gasteiger partial charge in [0.05, 0.1) is 0 Å². The summed E-state index contributed by atoms with van der Waals surface area (Å²) < 4.78 is 0. The Balaban J connectivity index is 2.50. The van der Waals surface area contributed by atoms with E-state index in [1.165, 1.54) is 4.91 Å². The largest absolute Gasteiger partial charge is 0.0907 e. The molecule has 0 radical (unpaired) electrons. The lowest BCUT2D eigenvalue weighted by atomic mass is 10.4. The van der Waals surface area contributed by atoms with E-state index in [1.54, 1.807) is 11.8 Å². The van der Waals surface area contributed by atoms with Crippen LogP contribution in [-0.4, -0.2) is 0 Å². The van der Waals surface area contributed by atoms with Crippen LogP contribution in [-0.2, 0) is 0 Å². The summed E-state index contributed by atoms with van der Waals surface area (Å²) >= 11 is 1.69. The lowest BCUT2D eigenvalue weighted by Crippen LogP contribution is -1.70. The van der Waals surface area contributed by atoms with Crippen LogP contribution in [0, 0.1) is 0 Å². The van der Waals surface area contributed by atoms with Gasteiger partial charge in [0.25, 0.3) is 0 Å². The molecule has 0 saturated heterocycles. The van der Waals surface area contributed by atoms with E-state index in [2.05, 4.69) is 37.0 Å². The Morgan fingerprint density at radius 3 is 3.07 bits per heavy atom. The Kier molecular flexibility index (Phi) is 5.64. The third-order valence-electron chi connectivity index (χ3n) is 1.79. The number of hydrogen-bond donors (Lipinski definition) is 0. The zero-order valence-corrected chi connectivity index (χ0v) is 9.84. The smallest absolute Gasteiger partial charge is 0.0118 e. The van der Waals surface area contributed by atoms with E-state index in [4.69, 9.17) is 0 Å². The van der Waals surface area contributed by atoms with Crippen molar-refractivity contribution in [2.24, 2.45) is 0 Å². The molecule has 0 aromatic heterocycles. The highest BCUT2D eigenvalue weighted by molar-refractivity contribution is 8.07. The molecule has 0 unspecified atom stereocenters. The van der Waals surface area contributed by atoms with Gasteiger partial charge in [-0.2, -0.15) is 0 Å². The van der Waals surface area contributed by atoms with Crippen molar-refractivity contribution in [2.45, 2.75) is 13.3 Å². The zero-order chi connectivity index (χ0) is 10.9. The molecule has 78 valence electrons. The molecule has 0 saturated carbocycles. The minimum Gasteiger partial charge on any atom is -0.0907 e. The normalized spacial score (nSPS) is 15.9. The predicted molar refractivity (Wildman–Crippen MR) is 71.7 cm³/mol. The molecule has 0 heterocycles. The first-order valence-corrected chi connectivity index (χ1v) is 5.84. The number of hydrogen-bond acceptors (Lipinski definition) is 1. The Labute approximate surface area is 96.5 Å². The first kappa shape index (κ1) is 11.9. The van der Waals surface area contributed by atoms with Gasteiger partial charge in [0.1, 0.15) is 0 Å². The van der Waals surface area contributed by atoms with Crippen molar-refractivity contribution in [3.05, 3.63) is 71.1 Å². The highest BCUT2D eigenvalue weighted by Gasteiger charge is 1.95. The molecule has 0 spiro atoms. The van der Waals surface area contributed by atoms with Crippen molar-refractivity contribution in [1.82, 2.24) is 0 Å². The van der Waals surface area contributed by atoms with E-state index in [0.717, 1.165) is 11.3 Å². The van der Waals surface area contributed by atoms with E-state index in [0.29, 0.717) is 0 Å². The lowest BCUT2D eigenvalue weighted by molar-refractivity contribution is 1.41. The van der Waals surface area contributed by atoms with Crippen LogP contribution in [0.25, 0.3) is 0 Å². The highest BCUT2D eigenvalue weighted by atomic mass is 32.2. The molecule has 0 amide bonds. The lowest BCUT2D eigenvalue weighted by Gasteiger charge is -1.99. The van der Waals surface area contributed by atoms with Crippen LogP contribution in [0.1, 0.15) is 13.3 Å². The maximum Gasteiger partial charge on any atom is 0.0118 e. The van der Waals surface area contributed by atoms with E-state index >= 15 is 0 Å². The third-order valence-corrected chi connectivity index (χ3v) is 2.69. The highest BCUT2D eigenvalue weighted by Crippen LogP contribution is 2.27. The topological polar surface area (TPSA) is 0 Å². The summed E-state index contributed by atoms with van der Waals surface area (Å²) in [7, 11) is 0. The van der Waals surface area contributed by atoms with Gasteiger partial charge in [-0.1, -0.05) is 60.9 Å². The summed E-state index contributed by atoms with van der Waals surface area (Å²) in [6, 6.07) is 0. The predicted octanol–water partition coefficient (Wildman–Crippen LogP) is 4.77. The van der Waals surface area contributed by atoms with E-state index < -0.39 is 0 Å². The summed E-state index contributed by atoms with van der Waals surface area (Å²) in [6.45, 7) is 6.00. The van der Waals surface area contributed by atoms with Gasteiger partial charge in [-0.3, -0.25) is 0 Å². The van der Waals surface area contributed by atoms with Gasteiger partial charge in [-0.25, -0.2) is 0 Å². The van der Waals surface area contributed by atoms with Gasteiger partial charge in [0.15, 0.2) is 0 Å². The fourth-order valence-corrected chi connectivity index (χ4v) is 1.85. The second kappa shape index (κ2) is 7.13. The number of rotatable bonds is 4. The molecule has 1 rings (SSSR count). The quantitative estimate of drug-likeness (QED) is 0.610. The van der Waals surface area contributed by atoms with Gasteiger partial charge in [-0.15, -0.1) is 0 Å². The van der Waals surface area contributed by atoms with Crippen molar-refractivity contribution < 1.29 is 0 Å². The van der Waals surface area contributed by atoms with Gasteiger partial charge in [-0.05, 0) is 25.5 Å². The Morgan fingerprint density at radius 2 is 2.27 bits per heavy atom. The average molecular weight is 216 g/mol. The summed E-state index contributed by atoms with van der Waals surface area (Å²) in [4.78, 5) is 2.29. The molecular formula is C14H16S. The van der Waals surface area contributed by atoms with Gasteiger partial charge in [0.2, 0.25) is 0 Å². The minimum atomic E-state index is 1.02. The first-order chi connectivity index (χ1) is 7.33. The van der Waals surface area contributed by atoms with Crippen LogP contribution in [0.4, 0.5) is 0 Å². The van der Waals surface area contributed by atoms with E-state index in [9.17, 15) is 0 Å². The van der Waals surface area contributed by atoms with Crippen LogP contribution in [0.3, 0.4) is 0 Å². The Morgan fingerprint density at radius 1 is 1.40 bits per heavy atom. The number of allylic oxidation sites excluding steroid dienone is 9. The maximum absolute atomic E-state index is 3.99. The molecule has 0 nitrogen and oxygen atoms in total. The molecule has 1 aliphatic carbocycles. The molecular weight excluding hydrogens is 200 g/mol. The molecule has 15 heavy (non-hydrogen) atoms. The Hall–Kier alpha value is -1.21. The van der Waals surface area contributed by atoms with Gasteiger partial charge < -0.3 is 0 Å². The minimum absolute atomic E-state index is 1.02. The third kappa shape index (κ3) is 5.28. The van der Waals surface area contributed by atoms with Crippen molar-refractivity contribution in [3.63, 3.8) is 0 Å². The fraction of sp³-hybridized carbons (Fsp3) is 0.143. The first-order valence-electron chi connectivity index (χ1n) is 5.02. The van der Waals surface area contributed by atoms with Crippen LogP contribution < -0.4 is 0 Å². The molecule has 0 aromatic carbocycles. The summed E-state index contributed by atoms with van der Waals surface area (Å²) in [6.07, 6.45) is 19.7. The molecule has 1 aliphatic rings. The summed E-state index contributed by atoms with van der Waals surface area (Å²) in [5.74, 6) is 0. The van der Waals surface area contributed by atoms with E-state index in [1.807, 2.05) is 31.2 Å². The van der Waals surface area contributed by atoms with Crippen molar-refractivity contribution in [1.29, 1.82) is 0 Å². The summed E-state index contributed by atoms with van der Waals surface area (Å²) in [5, 5.41) is 0. The molecule has 0 bridgehead atoms. The van der Waals surface area contributed by atoms with Gasteiger partial charge >= 0.3 is 0 Å². The SMILES string of the molecule is C=C(C=CC=CC)SC1=CC=CCC=C1. The van der Waals surface area contributed by atoms with Crippen LogP contribution in [0.15, 0.2) is 71.1 Å². The van der Waals surface area contributed by atoms with Crippen LogP contribution in [0.2, 0.25) is 0 Å². The van der Waals surface area contributed by atoms with Crippen molar-refractivity contribution >= 4 is 11.8 Å². The molecule has 0 N–H and O–H groups in total. The molecule has 0 fully saturated rings. The Bertz CT molecular complexity index is 352. The van der Waals surface area contributed by atoms with Crippen molar-refractivity contribution in [3.8, 4) is 0 Å². The van der Waals surface area contributed by atoms with E-state index in [-0.39, 0.29) is 0 Å². The monoisotopic (exact) mass is 216 g/mol. The van der Waals surface area contributed by atoms with Crippen LogP contribution in [0.5, 0.6) is 0 Å². The summed E-state index contributed by atoms with van der Waals surface area (Å²) in [5.41, 5.74) is 0. The molecule has 0 aromatic rings. The fourth-order valence-electron chi connectivity index (χ4n) is 1.09. The zero-order valence-electron chi connectivity index (χ0n) is 9.02. The van der Waals surface area contributed by atoms with Crippen molar-refractivity contribution in [2.75, 3.05) is 0 Å². The second-order valence-electron chi connectivity index (χ2n) is 3.09. The van der Waals surface area contributed by atoms with Gasteiger partial charge in [0, 0.05) is 9.81 Å².